The Hall–Kier alpha value is 1.92. The van der Waals surface area contributed by atoms with Gasteiger partial charge in [0, 0.05) is 42.8 Å². The predicted octanol–water partition coefficient (Wildman–Crippen LogP) is -0.171. The maximum Gasteiger partial charge on any atom is 0 e. The van der Waals surface area contributed by atoms with Crippen molar-refractivity contribution in [2.24, 2.45) is 0 Å². The van der Waals surface area contributed by atoms with Gasteiger partial charge in [-0.1, -0.05) is 11.8 Å². The van der Waals surface area contributed by atoms with E-state index in [9.17, 15) is 0 Å². The van der Waals surface area contributed by atoms with Gasteiger partial charge in [-0.15, -0.1) is 0 Å². The molecular weight excluding hydrogens is 189 g/mol. The third kappa shape index (κ3) is 9.07. The van der Waals surface area contributed by atoms with Gasteiger partial charge in [-0.05, 0) is 8.02 Å². The Kier molecular flexibility index (Phi) is 86.3. The van der Waals surface area contributed by atoms with Gasteiger partial charge in [0.05, 0.1) is 0 Å². The van der Waals surface area contributed by atoms with Crippen molar-refractivity contribution in [1.82, 2.24) is 0 Å². The molecule has 0 nitrogen and oxygen atoms in total. The van der Waals surface area contributed by atoms with Crippen LogP contribution in [0.4, 0.5) is 0 Å². The molecule has 4 heteroatoms. The monoisotopic (exact) mass is 191 g/mol. The maximum atomic E-state index is 3.89. The molecule has 0 saturated carbocycles. The van der Waals surface area contributed by atoms with E-state index in [1.54, 1.807) is 0 Å². The van der Waals surface area contributed by atoms with Crippen LogP contribution in [-0.2, 0) is 11.8 Å². The SMILES string of the molecule is P=S.[Li].[Sn]. The first-order chi connectivity index (χ1) is 1.00. The van der Waals surface area contributed by atoms with E-state index < -0.39 is 0 Å². The third-order valence-corrected chi connectivity index (χ3v) is 0. The van der Waals surface area contributed by atoms with E-state index in [0.29, 0.717) is 0 Å². The van der Waals surface area contributed by atoms with Crippen LogP contribution in [0.2, 0.25) is 0 Å². The van der Waals surface area contributed by atoms with Crippen molar-refractivity contribution in [3.8, 4) is 0 Å². The molecule has 0 aromatic heterocycles. The molecule has 17 valence electrons. The molecule has 0 N–H and O–H groups in total. The van der Waals surface area contributed by atoms with Crippen molar-refractivity contribution >= 4 is 62.6 Å². The van der Waals surface area contributed by atoms with Crippen LogP contribution in [0.15, 0.2) is 0 Å². The third-order valence-electron chi connectivity index (χ3n) is 0. The van der Waals surface area contributed by atoms with Crippen LogP contribution < -0.4 is 0 Å². The van der Waals surface area contributed by atoms with Gasteiger partial charge in [-0.3, -0.25) is 0 Å². The van der Waals surface area contributed by atoms with Gasteiger partial charge in [0.1, 0.15) is 0 Å². The minimum atomic E-state index is 0. The zero-order valence-corrected chi connectivity index (χ0v) is 7.08. The van der Waals surface area contributed by atoms with Crippen LogP contribution in [0.25, 0.3) is 0 Å². The second kappa shape index (κ2) is 20.5. The molecule has 0 aromatic rings. The summed E-state index contributed by atoms with van der Waals surface area (Å²) in [7, 11) is 2.56. The molecule has 0 aliphatic rings. The Morgan fingerprint density at radius 2 is 1.25 bits per heavy atom. The average Bonchev–Trinajstić information content (AvgIpc) is 1.00. The molecule has 0 aliphatic heterocycles. The Balaban J connectivity index is -0.00000000500. The molecule has 0 bridgehead atoms. The Bertz CT molecular complexity index is 8.00. The smallest absolute Gasteiger partial charge is 0 e. The van der Waals surface area contributed by atoms with E-state index in [1.807, 2.05) is 0 Å². The molecule has 0 aliphatic carbocycles. The van der Waals surface area contributed by atoms with Crippen molar-refractivity contribution in [2.75, 3.05) is 0 Å². The van der Waals surface area contributed by atoms with Crippen LogP contribution in [-0.4, -0.2) is 42.8 Å². The summed E-state index contributed by atoms with van der Waals surface area (Å²) < 4.78 is 0. The first-order valence-electron chi connectivity index (χ1n) is 0.204. The molecule has 0 fully saturated rings. The molecule has 0 aromatic carbocycles. The van der Waals surface area contributed by atoms with Crippen molar-refractivity contribution in [1.29, 1.82) is 0 Å². The van der Waals surface area contributed by atoms with E-state index in [-0.39, 0.29) is 42.8 Å². The zero-order valence-electron chi connectivity index (χ0n) is 2.41. The molecule has 4 heavy (non-hydrogen) atoms. The van der Waals surface area contributed by atoms with Crippen LogP contribution in [0.5, 0.6) is 0 Å². The van der Waals surface area contributed by atoms with E-state index in [4.69, 9.17) is 0 Å². The first kappa shape index (κ1) is 16.8. The molecule has 0 saturated heterocycles. The quantitative estimate of drug-likeness (QED) is 0.377. The molecule has 0 spiro atoms. The van der Waals surface area contributed by atoms with Crippen molar-refractivity contribution in [3.63, 3.8) is 0 Å². The molecule has 0 atom stereocenters. The molecule has 0 rings (SSSR count). The number of hydrogen-bond donors (Lipinski definition) is 0. The van der Waals surface area contributed by atoms with E-state index in [0.717, 1.165) is 0 Å². The molecule has 0 heterocycles. The van der Waals surface area contributed by atoms with Gasteiger partial charge in [0.25, 0.3) is 0 Å². The van der Waals surface area contributed by atoms with E-state index in [2.05, 4.69) is 19.8 Å². The van der Waals surface area contributed by atoms with Gasteiger partial charge < -0.3 is 0 Å². The van der Waals surface area contributed by atoms with Crippen LogP contribution in [0.3, 0.4) is 0 Å². The van der Waals surface area contributed by atoms with Crippen molar-refractivity contribution in [2.45, 2.75) is 0 Å². The second-order valence-corrected chi connectivity index (χ2v) is 0. The van der Waals surface area contributed by atoms with Crippen LogP contribution in [0.1, 0.15) is 0 Å². The normalized spacial score (nSPS) is 1.00. The standard InChI is InChI=1S/Li.HPS.Sn/c;1-2;/h;1H;. The Morgan fingerprint density at radius 1 is 1.25 bits per heavy atom. The minimum absolute atomic E-state index is 0. The number of rotatable bonds is 0. The Morgan fingerprint density at radius 3 is 1.25 bits per heavy atom. The summed E-state index contributed by atoms with van der Waals surface area (Å²) in [5.41, 5.74) is 0. The second-order valence-electron chi connectivity index (χ2n) is 0. The fraction of sp³-hybridized carbons (Fsp3) is 0. The van der Waals surface area contributed by atoms with Crippen molar-refractivity contribution in [3.05, 3.63) is 0 Å². The fourth-order valence-corrected chi connectivity index (χ4v) is 0. The van der Waals surface area contributed by atoms with Gasteiger partial charge >= 0.3 is 0 Å². The summed E-state index contributed by atoms with van der Waals surface area (Å²) in [5.74, 6) is 0. The first-order valence-corrected chi connectivity index (χ1v) is 1.84. The van der Waals surface area contributed by atoms with Gasteiger partial charge in [-0.25, -0.2) is 0 Å². The largest absolute Gasteiger partial charge is 0.0615 e. The predicted molar refractivity (Wildman–Crippen MR) is 27.2 cm³/mol. The van der Waals surface area contributed by atoms with Gasteiger partial charge in [-0.2, -0.15) is 0 Å². The zero-order chi connectivity index (χ0) is 2.00. The maximum absolute atomic E-state index is 3.89. The summed E-state index contributed by atoms with van der Waals surface area (Å²) in [4.78, 5) is 0. The van der Waals surface area contributed by atoms with E-state index >= 15 is 0 Å². The fourth-order valence-electron chi connectivity index (χ4n) is 0. The molecule has 5 radical (unpaired) electrons. The van der Waals surface area contributed by atoms with Gasteiger partial charge in [0.15, 0.2) is 0 Å². The summed E-state index contributed by atoms with van der Waals surface area (Å²) >= 11 is 3.89. The van der Waals surface area contributed by atoms with Crippen molar-refractivity contribution < 1.29 is 0 Å². The average molecular weight is 190 g/mol. The number of hydrogen-bond acceptors (Lipinski definition) is 1. The summed E-state index contributed by atoms with van der Waals surface area (Å²) in [6, 6.07) is 0. The topological polar surface area (TPSA) is 0 Å². The minimum Gasteiger partial charge on any atom is -0.0615 e. The molecule has 0 unspecified atom stereocenters. The van der Waals surface area contributed by atoms with E-state index in [1.165, 1.54) is 0 Å². The van der Waals surface area contributed by atoms with Gasteiger partial charge in [0.2, 0.25) is 0 Å². The summed E-state index contributed by atoms with van der Waals surface area (Å²) in [5, 5.41) is 0. The van der Waals surface area contributed by atoms with Crippen LogP contribution in [0, 0.1) is 0 Å². The summed E-state index contributed by atoms with van der Waals surface area (Å²) in [6.45, 7) is 0. The molecule has 0 amide bonds. The summed E-state index contributed by atoms with van der Waals surface area (Å²) in [6.07, 6.45) is 0. The molecular formula is HLiPSSn. The Labute approximate surface area is 62.1 Å². The van der Waals surface area contributed by atoms with Crippen LogP contribution >= 0.6 is 8.02 Å².